The minimum Gasteiger partial charge on any atom is -0.489 e. The number of nitrogens with one attached hydrogen (secondary N) is 1. The van der Waals surface area contributed by atoms with Crippen molar-refractivity contribution in [1.29, 1.82) is 0 Å². The molecule has 0 aliphatic heterocycles. The fourth-order valence-corrected chi connectivity index (χ4v) is 1.90. The van der Waals surface area contributed by atoms with Gasteiger partial charge in [-0.25, -0.2) is 4.79 Å². The Morgan fingerprint density at radius 1 is 1.26 bits per heavy atom. The van der Waals surface area contributed by atoms with Crippen LogP contribution in [0.5, 0.6) is 5.75 Å². The first-order valence-corrected chi connectivity index (χ1v) is 7.33. The molecule has 0 aliphatic rings. The Labute approximate surface area is 136 Å². The maximum absolute atomic E-state index is 12.1. The summed E-state index contributed by atoms with van der Waals surface area (Å²) < 4.78 is 15.4. The summed E-state index contributed by atoms with van der Waals surface area (Å²) in [5.41, 5.74) is 6.23. The number of hydrogen-bond acceptors (Lipinski definition) is 6. The van der Waals surface area contributed by atoms with Crippen LogP contribution in [0.25, 0.3) is 0 Å². The van der Waals surface area contributed by atoms with Crippen molar-refractivity contribution >= 4 is 17.6 Å². The second-order valence-electron chi connectivity index (χ2n) is 5.21. The highest BCUT2D eigenvalue weighted by atomic mass is 16.5. The third kappa shape index (κ3) is 5.88. The second kappa shape index (κ2) is 9.12. The van der Waals surface area contributed by atoms with Crippen LogP contribution in [0.3, 0.4) is 0 Å². The Balaban J connectivity index is 2.99. The molecule has 1 aromatic carbocycles. The van der Waals surface area contributed by atoms with Gasteiger partial charge in [-0.15, -0.1) is 0 Å². The summed E-state index contributed by atoms with van der Waals surface area (Å²) in [7, 11) is 2.79. The van der Waals surface area contributed by atoms with Gasteiger partial charge in [-0.2, -0.15) is 0 Å². The molecule has 7 heteroatoms. The molecule has 7 nitrogen and oxygen atoms in total. The Morgan fingerprint density at radius 2 is 1.96 bits per heavy atom. The normalized spacial score (nSPS) is 11.9. The molecule has 0 bridgehead atoms. The number of carbonyl (C=O) groups excluding carboxylic acids is 2. The number of nitrogens with two attached hydrogens (primary N) is 1. The molecule has 1 amide bonds. The van der Waals surface area contributed by atoms with Crippen molar-refractivity contribution in [3.63, 3.8) is 0 Å². The fourth-order valence-electron chi connectivity index (χ4n) is 1.90. The summed E-state index contributed by atoms with van der Waals surface area (Å²) in [5.74, 6) is -0.297. The average Bonchev–Trinajstić information content (AvgIpc) is 2.52. The third-order valence-electron chi connectivity index (χ3n) is 3.05. The van der Waals surface area contributed by atoms with Crippen molar-refractivity contribution in [2.75, 3.05) is 26.1 Å². The molecular weight excluding hydrogens is 300 g/mol. The van der Waals surface area contributed by atoms with Gasteiger partial charge in [-0.3, -0.25) is 4.79 Å². The van der Waals surface area contributed by atoms with Crippen molar-refractivity contribution in [2.45, 2.75) is 32.5 Å². The van der Waals surface area contributed by atoms with Gasteiger partial charge in [0, 0.05) is 13.7 Å². The Kier molecular flexibility index (Phi) is 7.50. The lowest BCUT2D eigenvalue weighted by molar-refractivity contribution is -0.118. The van der Waals surface area contributed by atoms with Crippen molar-refractivity contribution < 1.29 is 23.8 Å². The molecule has 0 spiro atoms. The highest BCUT2D eigenvalue weighted by molar-refractivity contribution is 5.96. The number of benzene rings is 1. The first-order valence-electron chi connectivity index (χ1n) is 7.33. The van der Waals surface area contributed by atoms with E-state index in [1.807, 2.05) is 13.8 Å². The van der Waals surface area contributed by atoms with Crippen LogP contribution in [-0.2, 0) is 14.3 Å². The summed E-state index contributed by atoms with van der Waals surface area (Å²) in [6.45, 7) is 3.98. The van der Waals surface area contributed by atoms with Gasteiger partial charge in [0.25, 0.3) is 0 Å². The SMILES string of the molecule is COC(=O)c1ccc(OC(C)C)c(NC(=O)CC(CN)OC)c1. The summed E-state index contributed by atoms with van der Waals surface area (Å²) in [4.78, 5) is 23.8. The standard InChI is InChI=1S/C16H24N2O5/c1-10(2)23-14-6-5-11(16(20)22-4)7-13(14)18-15(19)8-12(9-17)21-3/h5-7,10,12H,8-9,17H2,1-4H3,(H,18,19). The molecule has 0 saturated heterocycles. The van der Waals surface area contributed by atoms with Gasteiger partial charge >= 0.3 is 5.97 Å². The van der Waals surface area contributed by atoms with Crippen LogP contribution in [0.1, 0.15) is 30.6 Å². The molecule has 1 atom stereocenters. The Bertz CT molecular complexity index is 541. The summed E-state index contributed by atoms with van der Waals surface area (Å²) in [6.07, 6.45) is -0.338. The monoisotopic (exact) mass is 324 g/mol. The van der Waals surface area contributed by atoms with E-state index >= 15 is 0 Å². The predicted octanol–water partition coefficient (Wildman–Crippen LogP) is 1.56. The highest BCUT2D eigenvalue weighted by Crippen LogP contribution is 2.27. The first-order chi connectivity index (χ1) is 10.9. The number of rotatable bonds is 8. The number of carbonyl (C=O) groups is 2. The maximum Gasteiger partial charge on any atom is 0.337 e. The van der Waals surface area contributed by atoms with E-state index in [9.17, 15) is 9.59 Å². The predicted molar refractivity (Wildman–Crippen MR) is 86.6 cm³/mol. The Morgan fingerprint density at radius 3 is 2.48 bits per heavy atom. The number of esters is 1. The second-order valence-corrected chi connectivity index (χ2v) is 5.21. The lowest BCUT2D eigenvalue weighted by Crippen LogP contribution is -2.28. The molecule has 1 aromatic rings. The van der Waals surface area contributed by atoms with Crippen LogP contribution in [0.15, 0.2) is 18.2 Å². The number of ether oxygens (including phenoxy) is 3. The highest BCUT2D eigenvalue weighted by Gasteiger charge is 2.16. The number of anilines is 1. The van der Waals surface area contributed by atoms with Crippen LogP contribution in [0.2, 0.25) is 0 Å². The molecule has 0 radical (unpaired) electrons. The van der Waals surface area contributed by atoms with Crippen LogP contribution >= 0.6 is 0 Å². The van der Waals surface area contributed by atoms with Gasteiger partial charge in [0.15, 0.2) is 0 Å². The first kappa shape index (κ1) is 18.9. The minimum atomic E-state index is -0.492. The van der Waals surface area contributed by atoms with E-state index < -0.39 is 5.97 Å². The van der Waals surface area contributed by atoms with E-state index in [0.717, 1.165) is 0 Å². The van der Waals surface area contributed by atoms with Gasteiger partial charge in [0.1, 0.15) is 5.75 Å². The van der Waals surface area contributed by atoms with Crippen molar-refractivity contribution in [3.8, 4) is 5.75 Å². The van der Waals surface area contributed by atoms with E-state index in [1.54, 1.807) is 12.1 Å². The quantitative estimate of drug-likeness (QED) is 0.704. The summed E-state index contributed by atoms with van der Waals surface area (Å²) in [6, 6.07) is 4.72. The number of hydrogen-bond donors (Lipinski definition) is 2. The van der Waals surface area contributed by atoms with Crippen molar-refractivity contribution in [3.05, 3.63) is 23.8 Å². The van der Waals surface area contributed by atoms with Crippen LogP contribution in [-0.4, -0.2) is 44.8 Å². The molecule has 1 unspecified atom stereocenters. The van der Waals surface area contributed by atoms with Crippen LogP contribution in [0, 0.1) is 0 Å². The molecule has 128 valence electrons. The van der Waals surface area contributed by atoms with E-state index in [-0.39, 0.29) is 31.1 Å². The zero-order valence-electron chi connectivity index (χ0n) is 13.9. The molecule has 0 fully saturated rings. The van der Waals surface area contributed by atoms with E-state index in [1.165, 1.54) is 20.3 Å². The van der Waals surface area contributed by atoms with Gasteiger partial charge < -0.3 is 25.3 Å². The molecule has 0 aliphatic carbocycles. The van der Waals surface area contributed by atoms with E-state index in [2.05, 4.69) is 10.1 Å². The van der Waals surface area contributed by atoms with Crippen molar-refractivity contribution in [2.24, 2.45) is 5.73 Å². The smallest absolute Gasteiger partial charge is 0.337 e. The minimum absolute atomic E-state index is 0.0783. The van der Waals surface area contributed by atoms with Gasteiger partial charge in [-0.1, -0.05) is 0 Å². The third-order valence-corrected chi connectivity index (χ3v) is 3.05. The summed E-state index contributed by atoms with van der Waals surface area (Å²) in [5, 5.41) is 2.73. The lowest BCUT2D eigenvalue weighted by atomic mass is 10.1. The van der Waals surface area contributed by atoms with Gasteiger partial charge in [0.05, 0.1) is 37.0 Å². The molecular formula is C16H24N2O5. The van der Waals surface area contributed by atoms with Gasteiger partial charge in [-0.05, 0) is 32.0 Å². The zero-order chi connectivity index (χ0) is 17.4. The van der Waals surface area contributed by atoms with Crippen molar-refractivity contribution in [1.82, 2.24) is 0 Å². The number of methoxy groups -OCH3 is 2. The largest absolute Gasteiger partial charge is 0.489 e. The topological polar surface area (TPSA) is 99.9 Å². The average molecular weight is 324 g/mol. The fraction of sp³-hybridized carbons (Fsp3) is 0.500. The molecule has 1 rings (SSSR count). The molecule has 0 aromatic heterocycles. The van der Waals surface area contributed by atoms with Crippen LogP contribution in [0.4, 0.5) is 5.69 Å². The molecule has 23 heavy (non-hydrogen) atoms. The molecule has 0 heterocycles. The zero-order valence-corrected chi connectivity index (χ0v) is 13.9. The number of amides is 1. The van der Waals surface area contributed by atoms with E-state index in [4.69, 9.17) is 15.2 Å². The maximum atomic E-state index is 12.1. The molecule has 3 N–H and O–H groups in total. The van der Waals surface area contributed by atoms with Gasteiger partial charge in [0.2, 0.25) is 5.91 Å². The van der Waals surface area contributed by atoms with E-state index in [0.29, 0.717) is 17.0 Å². The Hall–Kier alpha value is -2.12. The summed E-state index contributed by atoms with van der Waals surface area (Å²) >= 11 is 0. The lowest BCUT2D eigenvalue weighted by Gasteiger charge is -2.17. The molecule has 0 saturated carbocycles. The van der Waals surface area contributed by atoms with Crippen LogP contribution < -0.4 is 15.8 Å².